The van der Waals surface area contributed by atoms with Gasteiger partial charge in [0.05, 0.1) is 23.2 Å². The van der Waals surface area contributed by atoms with E-state index in [0.29, 0.717) is 39.7 Å². The van der Waals surface area contributed by atoms with Crippen molar-refractivity contribution in [1.29, 1.82) is 0 Å². The Balaban J connectivity index is 0.000000439. The summed E-state index contributed by atoms with van der Waals surface area (Å²) in [5.74, 6) is 0. The van der Waals surface area contributed by atoms with Crippen molar-refractivity contribution in [1.82, 2.24) is 4.90 Å². The lowest BCUT2D eigenvalue weighted by molar-refractivity contribution is -0.123. The smallest absolute Gasteiger partial charge is 0.410 e. The average Bonchev–Trinajstić information content (AvgIpc) is 2.73. The number of carbonyl (C=O) groups is 1. The minimum atomic E-state index is -1.59. The van der Waals surface area contributed by atoms with Gasteiger partial charge in [0, 0.05) is 19.6 Å². The number of aliphatic hydroxyl groups excluding tert-OH is 1. The summed E-state index contributed by atoms with van der Waals surface area (Å²) in [5.41, 5.74) is -0.629. The van der Waals surface area contributed by atoms with E-state index in [-0.39, 0.29) is 13.2 Å². The van der Waals surface area contributed by atoms with Crippen molar-refractivity contribution in [2.45, 2.75) is 116 Å². The summed E-state index contributed by atoms with van der Waals surface area (Å²) >= 11 is 12.1. The van der Waals surface area contributed by atoms with Crippen molar-refractivity contribution in [2.75, 3.05) is 26.3 Å². The first-order valence-corrected chi connectivity index (χ1v) is 20.3. The van der Waals surface area contributed by atoms with Crippen molar-refractivity contribution >= 4 is 45.9 Å². The predicted octanol–water partition coefficient (Wildman–Crippen LogP) is 8.85. The third kappa shape index (κ3) is 10.3. The Morgan fingerprint density at radius 1 is 0.974 bits per heavy atom. The summed E-state index contributed by atoms with van der Waals surface area (Å²) in [7, 11) is -3.18. The van der Waals surface area contributed by atoms with Crippen LogP contribution in [0.3, 0.4) is 0 Å². The molecule has 1 aromatic rings. The molecule has 1 fully saturated rings. The van der Waals surface area contributed by atoms with E-state index in [4.69, 9.17) is 36.8 Å². The fraction of sp³-hybridized carbons (Fsp3) is 0.759. The Labute approximate surface area is 249 Å². The minimum absolute atomic E-state index is 0.0809. The van der Waals surface area contributed by atoms with E-state index >= 15 is 0 Å². The Hall–Kier alpha value is -0.616. The van der Waals surface area contributed by atoms with E-state index < -0.39 is 33.9 Å². The second kappa shape index (κ2) is 13.1. The number of ether oxygens (including phenoxy) is 2. The van der Waals surface area contributed by atoms with Crippen molar-refractivity contribution < 1.29 is 23.5 Å². The van der Waals surface area contributed by atoms with Crippen molar-refractivity contribution in [3.8, 4) is 0 Å². The molecule has 1 aromatic carbocycles. The van der Waals surface area contributed by atoms with Crippen molar-refractivity contribution in [2.24, 2.45) is 0 Å². The van der Waals surface area contributed by atoms with Gasteiger partial charge in [0.2, 0.25) is 0 Å². The number of benzene rings is 1. The molecule has 0 spiro atoms. The Morgan fingerprint density at radius 3 is 1.90 bits per heavy atom. The highest BCUT2D eigenvalue weighted by Crippen LogP contribution is 2.44. The van der Waals surface area contributed by atoms with E-state index in [9.17, 15) is 9.90 Å². The minimum Gasteiger partial charge on any atom is -0.455 e. The largest absolute Gasteiger partial charge is 0.455 e. The Morgan fingerprint density at radius 2 is 1.49 bits per heavy atom. The molecule has 0 radical (unpaired) electrons. The third-order valence-electron chi connectivity index (χ3n) is 7.92. The van der Waals surface area contributed by atoms with Gasteiger partial charge in [-0.2, -0.15) is 0 Å². The highest BCUT2D eigenvalue weighted by Gasteiger charge is 2.46. The molecule has 0 bridgehead atoms. The normalized spacial score (nSPS) is 19.3. The van der Waals surface area contributed by atoms with Crippen LogP contribution in [-0.2, 0) is 19.2 Å². The Kier molecular flexibility index (Phi) is 12.3. The van der Waals surface area contributed by atoms with Gasteiger partial charge in [-0.1, -0.05) is 70.8 Å². The van der Waals surface area contributed by atoms with E-state index in [1.165, 1.54) is 0 Å². The maximum absolute atomic E-state index is 12.4. The quantitative estimate of drug-likeness (QED) is 0.332. The molecule has 2 rings (SSSR count). The topological polar surface area (TPSA) is 68.2 Å². The first-order chi connectivity index (χ1) is 17.4. The predicted molar refractivity (Wildman–Crippen MR) is 169 cm³/mol. The SMILES string of the molecule is CC(C)(C)OC(=O)N1CCOC(CCO)(c2ccc(Cl)c(Cl)c2)C1.CC(C)(C)[Si](C)(C)O[Si](C)(C)C(C)(C)C. The monoisotopic (exact) mass is 621 g/mol. The fourth-order valence-electron chi connectivity index (χ4n) is 3.64. The summed E-state index contributed by atoms with van der Waals surface area (Å²) in [5, 5.41) is 11.0. The van der Waals surface area contributed by atoms with Crippen LogP contribution in [0.25, 0.3) is 0 Å². The van der Waals surface area contributed by atoms with Gasteiger partial charge in [0.25, 0.3) is 0 Å². The maximum atomic E-state index is 12.4. The molecule has 1 atom stereocenters. The number of hydrogen-bond acceptors (Lipinski definition) is 5. The molecular formula is C29H53Cl2NO5Si2. The number of halogens is 2. The molecule has 0 aliphatic carbocycles. The van der Waals surface area contributed by atoms with Gasteiger partial charge >= 0.3 is 6.09 Å². The van der Waals surface area contributed by atoms with Crippen LogP contribution < -0.4 is 0 Å². The standard InChI is InChI=1S/C17H23Cl2NO4.C12H30OSi2/c1-16(2,3)24-15(22)20-7-9-23-17(11-20,6-8-21)12-4-5-13(18)14(19)10-12;1-11(2,3)14(7,8)13-15(9,10)12(4,5)6/h4-5,10,21H,6-9,11H2,1-3H3;1-10H3. The highest BCUT2D eigenvalue weighted by atomic mass is 35.5. The number of carbonyl (C=O) groups excluding carboxylic acids is 1. The molecule has 0 aromatic heterocycles. The van der Waals surface area contributed by atoms with E-state index in [0.717, 1.165) is 5.56 Å². The van der Waals surface area contributed by atoms with Crippen LogP contribution >= 0.6 is 23.2 Å². The van der Waals surface area contributed by atoms with Crippen LogP contribution in [-0.4, -0.2) is 64.6 Å². The van der Waals surface area contributed by atoms with Crippen LogP contribution in [0.2, 0.25) is 46.3 Å². The number of hydrogen-bond donors (Lipinski definition) is 1. The molecule has 1 N–H and O–H groups in total. The molecule has 0 saturated carbocycles. The van der Waals surface area contributed by atoms with Crippen LogP contribution in [0.15, 0.2) is 18.2 Å². The zero-order valence-corrected chi connectivity index (χ0v) is 30.1. The van der Waals surface area contributed by atoms with Gasteiger partial charge in [0.15, 0.2) is 16.6 Å². The zero-order chi connectivity index (χ0) is 30.7. The summed E-state index contributed by atoms with van der Waals surface area (Å²) in [6, 6.07) is 5.22. The van der Waals surface area contributed by atoms with Gasteiger partial charge in [-0.05, 0) is 74.7 Å². The van der Waals surface area contributed by atoms with Gasteiger partial charge in [0.1, 0.15) is 11.2 Å². The average molecular weight is 623 g/mol. The lowest BCUT2D eigenvalue weighted by atomic mass is 9.88. The molecule has 6 nitrogen and oxygen atoms in total. The number of morpholine rings is 1. The molecule has 1 aliphatic heterocycles. The number of rotatable bonds is 5. The second-order valence-electron chi connectivity index (χ2n) is 14.5. The molecule has 1 amide bonds. The molecule has 226 valence electrons. The molecule has 39 heavy (non-hydrogen) atoms. The lowest BCUT2D eigenvalue weighted by Crippen LogP contribution is -2.53. The summed E-state index contributed by atoms with van der Waals surface area (Å²) in [6.45, 7) is 29.7. The zero-order valence-electron chi connectivity index (χ0n) is 26.6. The van der Waals surface area contributed by atoms with Crippen molar-refractivity contribution in [3.05, 3.63) is 33.8 Å². The van der Waals surface area contributed by atoms with Crippen LogP contribution in [0.1, 0.15) is 74.3 Å². The fourth-order valence-corrected chi connectivity index (χ4v) is 11.5. The molecule has 1 saturated heterocycles. The van der Waals surface area contributed by atoms with E-state index in [1.54, 1.807) is 17.0 Å². The third-order valence-corrected chi connectivity index (χ3v) is 20.0. The molecule has 10 heteroatoms. The first-order valence-electron chi connectivity index (χ1n) is 13.8. The number of amides is 1. The molecule has 1 heterocycles. The second-order valence-corrected chi connectivity index (χ2v) is 25.1. The number of aliphatic hydroxyl groups is 1. The molecule has 1 aliphatic rings. The first kappa shape index (κ1) is 36.4. The lowest BCUT2D eigenvalue weighted by Gasteiger charge is -2.47. The van der Waals surface area contributed by atoms with E-state index in [1.807, 2.05) is 26.8 Å². The van der Waals surface area contributed by atoms with Gasteiger partial charge in [-0.15, -0.1) is 0 Å². The van der Waals surface area contributed by atoms with Gasteiger partial charge in [-0.3, -0.25) is 0 Å². The summed E-state index contributed by atoms with van der Waals surface area (Å²) < 4.78 is 18.1. The maximum Gasteiger partial charge on any atom is 0.410 e. The van der Waals surface area contributed by atoms with Crippen LogP contribution in [0, 0.1) is 0 Å². The summed E-state index contributed by atoms with van der Waals surface area (Å²) in [4.78, 5) is 14.0. The number of nitrogens with zero attached hydrogens (tertiary/aromatic N) is 1. The molecular weight excluding hydrogens is 569 g/mol. The van der Waals surface area contributed by atoms with E-state index in [2.05, 4.69) is 67.7 Å². The van der Waals surface area contributed by atoms with Crippen LogP contribution in [0.5, 0.6) is 0 Å². The molecule has 1 unspecified atom stereocenters. The highest BCUT2D eigenvalue weighted by molar-refractivity contribution is 6.87. The van der Waals surface area contributed by atoms with Crippen molar-refractivity contribution in [3.63, 3.8) is 0 Å². The van der Waals surface area contributed by atoms with Gasteiger partial charge in [-0.25, -0.2) is 4.79 Å². The van der Waals surface area contributed by atoms with Gasteiger partial charge < -0.3 is 23.6 Å². The summed E-state index contributed by atoms with van der Waals surface area (Å²) in [6.07, 6.45) is -0.0576. The van der Waals surface area contributed by atoms with Crippen LogP contribution in [0.4, 0.5) is 4.79 Å². The Bertz CT molecular complexity index is 940.